The fraction of sp³-hybridized carbons (Fsp3) is 0. The van der Waals surface area contributed by atoms with Crippen LogP contribution >= 0.6 is 0 Å². The molecule has 10 rings (SSSR count). The van der Waals surface area contributed by atoms with Crippen LogP contribution in [0.15, 0.2) is 188 Å². The van der Waals surface area contributed by atoms with Crippen LogP contribution in [0.2, 0.25) is 0 Å². The first-order valence-corrected chi connectivity index (χ1v) is 18.7. The van der Waals surface area contributed by atoms with Crippen molar-refractivity contribution in [1.82, 2.24) is 29.5 Å². The van der Waals surface area contributed by atoms with Crippen molar-refractivity contribution in [3.63, 3.8) is 0 Å². The maximum atomic E-state index is 10.0. The van der Waals surface area contributed by atoms with Crippen LogP contribution < -0.4 is 0 Å². The normalized spacial score (nSPS) is 11.1. The monoisotopic (exact) mass is 729 g/mol. The van der Waals surface area contributed by atoms with Gasteiger partial charge in [-0.15, -0.1) is 0 Å². The Morgan fingerprint density at radius 2 is 0.860 bits per heavy atom. The molecule has 3 aromatic heterocycles. The van der Waals surface area contributed by atoms with Crippen molar-refractivity contribution in [2.45, 2.75) is 0 Å². The molecule has 0 atom stereocenters. The van der Waals surface area contributed by atoms with Gasteiger partial charge in [0.15, 0.2) is 23.3 Å². The SMILES string of the molecule is N#Cc1ccc2c3ccccc3n(-c3ccc(-c4nc(-c5ccccc5)cc(-c5ccccc5)n4)cc3-c3nc(-c4ccccc4)nc(-c4ccccc4)n3)c2c1. The third kappa shape index (κ3) is 6.27. The number of nitriles is 1. The molecule has 0 N–H and O–H groups in total. The van der Waals surface area contributed by atoms with Crippen LogP contribution in [0.5, 0.6) is 0 Å². The number of aromatic nitrogens is 6. The summed E-state index contributed by atoms with van der Waals surface area (Å²) in [5, 5.41) is 12.1. The largest absolute Gasteiger partial charge is 0.308 e. The summed E-state index contributed by atoms with van der Waals surface area (Å²) in [4.78, 5) is 25.7. The van der Waals surface area contributed by atoms with E-state index < -0.39 is 0 Å². The predicted molar refractivity (Wildman–Crippen MR) is 227 cm³/mol. The molecule has 0 saturated heterocycles. The highest BCUT2D eigenvalue weighted by Gasteiger charge is 2.22. The molecule has 0 spiro atoms. The lowest BCUT2D eigenvalue weighted by molar-refractivity contribution is 1.06. The molecular formula is C50H31N7. The van der Waals surface area contributed by atoms with E-state index in [9.17, 15) is 5.26 Å². The molecule has 0 aliphatic heterocycles. The van der Waals surface area contributed by atoms with E-state index in [1.165, 1.54) is 0 Å². The Morgan fingerprint density at radius 1 is 0.368 bits per heavy atom. The van der Waals surface area contributed by atoms with Gasteiger partial charge < -0.3 is 4.57 Å². The molecule has 0 bridgehead atoms. The minimum absolute atomic E-state index is 0.490. The summed E-state index contributed by atoms with van der Waals surface area (Å²) in [5.74, 6) is 2.17. The molecule has 7 heteroatoms. The Kier molecular flexibility index (Phi) is 8.40. The zero-order valence-electron chi connectivity index (χ0n) is 30.5. The predicted octanol–water partition coefficient (Wildman–Crippen LogP) is 11.6. The van der Waals surface area contributed by atoms with Crippen LogP contribution in [0.4, 0.5) is 0 Å². The highest BCUT2D eigenvalue weighted by molar-refractivity contribution is 6.10. The molecule has 7 nitrogen and oxygen atoms in total. The number of rotatable bonds is 7. The summed E-state index contributed by atoms with van der Waals surface area (Å²) in [6, 6.07) is 65.1. The number of fused-ring (bicyclic) bond motifs is 3. The Morgan fingerprint density at radius 3 is 1.44 bits per heavy atom. The third-order valence-electron chi connectivity index (χ3n) is 10.1. The molecule has 0 aliphatic rings. The number of hydrogen-bond donors (Lipinski definition) is 0. The van der Waals surface area contributed by atoms with Crippen molar-refractivity contribution < 1.29 is 0 Å². The van der Waals surface area contributed by atoms with Crippen molar-refractivity contribution in [2.75, 3.05) is 0 Å². The van der Waals surface area contributed by atoms with Crippen LogP contribution in [0.3, 0.4) is 0 Å². The van der Waals surface area contributed by atoms with Gasteiger partial charge >= 0.3 is 0 Å². The number of nitrogens with zero attached hydrogens (tertiary/aromatic N) is 7. The summed E-state index contributed by atoms with van der Waals surface area (Å²) in [6.45, 7) is 0. The van der Waals surface area contributed by atoms with E-state index >= 15 is 0 Å². The highest BCUT2D eigenvalue weighted by Crippen LogP contribution is 2.39. The van der Waals surface area contributed by atoms with Crippen LogP contribution in [0, 0.1) is 11.3 Å². The molecule has 7 aromatic carbocycles. The van der Waals surface area contributed by atoms with E-state index in [4.69, 9.17) is 24.9 Å². The minimum atomic E-state index is 0.490. The summed E-state index contributed by atoms with van der Waals surface area (Å²) >= 11 is 0. The fourth-order valence-corrected chi connectivity index (χ4v) is 7.37. The first-order valence-electron chi connectivity index (χ1n) is 18.7. The topological polar surface area (TPSA) is 93.2 Å². The smallest absolute Gasteiger partial charge is 0.166 e. The molecular weight excluding hydrogens is 699 g/mol. The van der Waals surface area contributed by atoms with E-state index in [1.54, 1.807) is 0 Å². The van der Waals surface area contributed by atoms with Crippen LogP contribution in [0.1, 0.15) is 5.56 Å². The van der Waals surface area contributed by atoms with E-state index in [-0.39, 0.29) is 0 Å². The minimum Gasteiger partial charge on any atom is -0.308 e. The maximum Gasteiger partial charge on any atom is 0.166 e. The van der Waals surface area contributed by atoms with Gasteiger partial charge in [0.25, 0.3) is 0 Å². The summed E-state index contributed by atoms with van der Waals surface area (Å²) in [7, 11) is 0. The van der Waals surface area contributed by atoms with Crippen LogP contribution in [-0.4, -0.2) is 29.5 Å². The highest BCUT2D eigenvalue weighted by atomic mass is 15.1. The molecule has 0 radical (unpaired) electrons. The van der Waals surface area contributed by atoms with Gasteiger partial charge in [-0.2, -0.15) is 5.26 Å². The van der Waals surface area contributed by atoms with Crippen molar-refractivity contribution >= 4 is 21.8 Å². The van der Waals surface area contributed by atoms with Crippen molar-refractivity contribution in [2.24, 2.45) is 0 Å². The average molecular weight is 730 g/mol. The molecule has 0 amide bonds. The molecule has 10 aromatic rings. The Balaban J connectivity index is 1.28. The Labute approximate surface area is 328 Å². The third-order valence-corrected chi connectivity index (χ3v) is 10.1. The quantitative estimate of drug-likeness (QED) is 0.162. The van der Waals surface area contributed by atoms with Gasteiger partial charge in [0.1, 0.15) is 0 Å². The summed E-state index contributed by atoms with van der Waals surface area (Å²) in [6.07, 6.45) is 0. The van der Waals surface area contributed by atoms with Crippen molar-refractivity contribution in [3.05, 3.63) is 194 Å². The molecule has 0 fully saturated rings. The second kappa shape index (κ2) is 14.3. The van der Waals surface area contributed by atoms with Gasteiger partial charge in [-0.05, 0) is 42.5 Å². The van der Waals surface area contributed by atoms with Gasteiger partial charge in [0, 0.05) is 44.2 Å². The van der Waals surface area contributed by atoms with Gasteiger partial charge in [-0.1, -0.05) is 146 Å². The van der Waals surface area contributed by atoms with E-state index in [0.717, 1.165) is 72.3 Å². The first-order chi connectivity index (χ1) is 28.2. The zero-order valence-corrected chi connectivity index (χ0v) is 30.5. The second-order valence-corrected chi connectivity index (χ2v) is 13.7. The molecule has 266 valence electrons. The Bertz CT molecular complexity index is 3000. The fourth-order valence-electron chi connectivity index (χ4n) is 7.37. The van der Waals surface area contributed by atoms with Crippen LogP contribution in [0.25, 0.3) is 95.6 Å². The first kappa shape index (κ1) is 33.5. The van der Waals surface area contributed by atoms with Gasteiger partial charge in [-0.3, -0.25) is 0 Å². The van der Waals surface area contributed by atoms with Gasteiger partial charge in [0.2, 0.25) is 0 Å². The molecule has 0 saturated carbocycles. The standard InChI is InChI=1S/C50H31N7/c51-32-33-25-27-40-39-23-13-14-24-44(39)57(46(40)29-33)45-28-26-38(49-52-42(34-15-5-1-6-16-34)31-43(53-49)35-17-7-2-8-18-35)30-41(45)50-55-47(36-19-9-3-10-20-36)54-48(56-50)37-21-11-4-12-22-37/h1-31H. The second-order valence-electron chi connectivity index (χ2n) is 13.7. The number of benzene rings is 7. The number of hydrogen-bond acceptors (Lipinski definition) is 6. The summed E-state index contributed by atoms with van der Waals surface area (Å²) < 4.78 is 2.20. The zero-order chi connectivity index (χ0) is 38.1. The van der Waals surface area contributed by atoms with E-state index in [1.807, 2.05) is 133 Å². The summed E-state index contributed by atoms with van der Waals surface area (Å²) in [5.41, 5.74) is 10.2. The Hall–Kier alpha value is -8.08. The van der Waals surface area contributed by atoms with Crippen molar-refractivity contribution in [1.29, 1.82) is 5.26 Å². The lowest BCUT2D eigenvalue weighted by Gasteiger charge is -2.16. The maximum absolute atomic E-state index is 10.0. The molecule has 0 aliphatic carbocycles. The molecule has 0 unspecified atom stereocenters. The van der Waals surface area contributed by atoms with Crippen LogP contribution in [-0.2, 0) is 0 Å². The van der Waals surface area contributed by atoms with E-state index in [0.29, 0.717) is 28.9 Å². The van der Waals surface area contributed by atoms with Gasteiger partial charge in [0.05, 0.1) is 39.7 Å². The van der Waals surface area contributed by atoms with Gasteiger partial charge in [-0.25, -0.2) is 24.9 Å². The molecule has 57 heavy (non-hydrogen) atoms. The van der Waals surface area contributed by atoms with E-state index in [2.05, 4.69) is 65.2 Å². The average Bonchev–Trinajstić information content (AvgIpc) is 3.63. The van der Waals surface area contributed by atoms with Crippen molar-refractivity contribution in [3.8, 4) is 79.8 Å². The lowest BCUT2D eigenvalue weighted by Crippen LogP contribution is -2.04. The number of para-hydroxylation sites is 1. The molecule has 3 heterocycles. The lowest BCUT2D eigenvalue weighted by atomic mass is 10.0.